The van der Waals surface area contributed by atoms with Crippen molar-refractivity contribution < 1.29 is 9.18 Å². The third-order valence-electron chi connectivity index (χ3n) is 5.24. The lowest BCUT2D eigenvalue weighted by Crippen LogP contribution is -2.34. The number of pyridine rings is 1. The summed E-state index contributed by atoms with van der Waals surface area (Å²) in [4.78, 5) is 26.5. The minimum absolute atomic E-state index is 0.0345. The van der Waals surface area contributed by atoms with Gasteiger partial charge in [0.2, 0.25) is 5.91 Å². The minimum Gasteiger partial charge on any atom is -0.350 e. The standard InChI is InChI=1S/C21H25FN6O/c22-16-4-3-8-24-19(16)12-25-21(29)15-7-10-28(14-15)11-9-23-13-20-26-17-5-1-2-6-18(17)27-20/h1-6,8,15,23H,7,9-14H2,(H,25,29)(H,26,27)/t15-/m1/s1. The van der Waals surface area contributed by atoms with E-state index in [9.17, 15) is 9.18 Å². The molecule has 0 aliphatic carbocycles. The molecule has 8 heteroatoms. The van der Waals surface area contributed by atoms with Gasteiger partial charge in [-0.2, -0.15) is 0 Å². The number of likely N-dealkylation sites (tertiary alicyclic amines) is 1. The Kier molecular flexibility index (Phi) is 6.12. The first-order valence-corrected chi connectivity index (χ1v) is 9.93. The molecule has 3 N–H and O–H groups in total. The predicted octanol–water partition coefficient (Wildman–Crippen LogP) is 1.82. The van der Waals surface area contributed by atoms with Gasteiger partial charge < -0.3 is 20.5 Å². The Hall–Kier alpha value is -2.84. The fraction of sp³-hybridized carbons (Fsp3) is 0.381. The van der Waals surface area contributed by atoms with Gasteiger partial charge in [0.15, 0.2) is 0 Å². The predicted molar refractivity (Wildman–Crippen MR) is 108 cm³/mol. The van der Waals surface area contributed by atoms with Gasteiger partial charge in [-0.25, -0.2) is 9.37 Å². The van der Waals surface area contributed by atoms with Crippen LogP contribution in [0, 0.1) is 11.7 Å². The number of benzene rings is 1. The zero-order chi connectivity index (χ0) is 20.1. The molecule has 3 heterocycles. The Balaban J connectivity index is 1.16. The third kappa shape index (κ3) is 4.96. The molecule has 152 valence electrons. The van der Waals surface area contributed by atoms with E-state index in [0.717, 1.165) is 49.5 Å². The highest BCUT2D eigenvalue weighted by Gasteiger charge is 2.27. The van der Waals surface area contributed by atoms with Crippen molar-refractivity contribution in [3.63, 3.8) is 0 Å². The van der Waals surface area contributed by atoms with Crippen LogP contribution in [0.4, 0.5) is 4.39 Å². The maximum atomic E-state index is 13.6. The van der Waals surface area contributed by atoms with Crippen LogP contribution in [0.2, 0.25) is 0 Å². The quantitative estimate of drug-likeness (QED) is 0.506. The maximum Gasteiger partial charge on any atom is 0.224 e. The summed E-state index contributed by atoms with van der Waals surface area (Å²) in [6.07, 6.45) is 2.35. The van der Waals surface area contributed by atoms with E-state index in [1.165, 1.54) is 18.3 Å². The molecule has 1 aliphatic heterocycles. The second-order valence-corrected chi connectivity index (χ2v) is 7.31. The number of nitrogens with one attached hydrogen (secondary N) is 3. The molecule has 1 aromatic carbocycles. The van der Waals surface area contributed by atoms with E-state index >= 15 is 0 Å². The van der Waals surface area contributed by atoms with Gasteiger partial charge >= 0.3 is 0 Å². The number of nitrogens with zero attached hydrogens (tertiary/aromatic N) is 3. The van der Waals surface area contributed by atoms with Crippen molar-refractivity contribution in [3.8, 4) is 0 Å². The fourth-order valence-electron chi connectivity index (χ4n) is 3.65. The average Bonchev–Trinajstić information content (AvgIpc) is 3.37. The van der Waals surface area contributed by atoms with Crippen molar-refractivity contribution in [2.45, 2.75) is 19.5 Å². The van der Waals surface area contributed by atoms with E-state index in [2.05, 4.69) is 30.5 Å². The van der Waals surface area contributed by atoms with Crippen molar-refractivity contribution in [1.29, 1.82) is 0 Å². The number of carbonyl (C=O) groups is 1. The number of fused-ring (bicyclic) bond motifs is 1. The minimum atomic E-state index is -0.392. The molecule has 1 amide bonds. The number of imidazole rings is 1. The third-order valence-corrected chi connectivity index (χ3v) is 5.24. The number of carbonyl (C=O) groups excluding carboxylic acids is 1. The van der Waals surface area contributed by atoms with Crippen molar-refractivity contribution in [2.75, 3.05) is 26.2 Å². The van der Waals surface area contributed by atoms with Crippen molar-refractivity contribution in [3.05, 3.63) is 59.9 Å². The molecule has 2 aromatic heterocycles. The van der Waals surface area contributed by atoms with Crippen LogP contribution in [0.25, 0.3) is 11.0 Å². The highest BCUT2D eigenvalue weighted by Crippen LogP contribution is 2.16. The summed E-state index contributed by atoms with van der Waals surface area (Å²) < 4.78 is 13.6. The van der Waals surface area contributed by atoms with Crippen LogP contribution in [0.5, 0.6) is 0 Å². The number of rotatable bonds is 8. The van der Waals surface area contributed by atoms with Gasteiger partial charge in [0.05, 0.1) is 35.7 Å². The Morgan fingerprint density at radius 3 is 3.00 bits per heavy atom. The molecule has 0 unspecified atom stereocenters. The molecular weight excluding hydrogens is 371 g/mol. The fourth-order valence-corrected chi connectivity index (χ4v) is 3.65. The molecule has 1 fully saturated rings. The molecule has 0 saturated carbocycles. The number of H-pyrrole nitrogens is 1. The Labute approximate surface area is 168 Å². The molecular formula is C21H25FN6O. The van der Waals surface area contributed by atoms with Gasteiger partial charge in [0, 0.05) is 25.8 Å². The van der Waals surface area contributed by atoms with Crippen molar-refractivity contribution in [1.82, 2.24) is 30.5 Å². The first kappa shape index (κ1) is 19.5. The highest BCUT2D eigenvalue weighted by molar-refractivity contribution is 5.79. The summed E-state index contributed by atoms with van der Waals surface area (Å²) in [5, 5.41) is 6.21. The van der Waals surface area contributed by atoms with E-state index in [1.807, 2.05) is 24.3 Å². The maximum absolute atomic E-state index is 13.6. The summed E-state index contributed by atoms with van der Waals surface area (Å²) >= 11 is 0. The number of hydrogen-bond donors (Lipinski definition) is 3. The molecule has 1 atom stereocenters. The normalized spacial score (nSPS) is 17.1. The molecule has 1 saturated heterocycles. The number of amides is 1. The van der Waals surface area contributed by atoms with Gasteiger partial charge in [-0.1, -0.05) is 12.1 Å². The van der Waals surface area contributed by atoms with Crippen LogP contribution in [-0.4, -0.2) is 51.9 Å². The number of hydrogen-bond acceptors (Lipinski definition) is 5. The van der Waals surface area contributed by atoms with Gasteiger partial charge in [-0.3, -0.25) is 9.78 Å². The summed E-state index contributed by atoms with van der Waals surface area (Å²) in [5.74, 6) is 0.438. The smallest absolute Gasteiger partial charge is 0.224 e. The van der Waals surface area contributed by atoms with Crippen LogP contribution < -0.4 is 10.6 Å². The number of aromatic nitrogens is 3. The van der Waals surface area contributed by atoms with Crippen molar-refractivity contribution >= 4 is 16.9 Å². The Morgan fingerprint density at radius 1 is 1.24 bits per heavy atom. The average molecular weight is 396 g/mol. The molecule has 29 heavy (non-hydrogen) atoms. The largest absolute Gasteiger partial charge is 0.350 e. The number of para-hydroxylation sites is 2. The zero-order valence-corrected chi connectivity index (χ0v) is 16.2. The molecule has 3 aromatic rings. The first-order chi connectivity index (χ1) is 14.2. The summed E-state index contributed by atoms with van der Waals surface area (Å²) in [7, 11) is 0. The molecule has 0 bridgehead atoms. The monoisotopic (exact) mass is 396 g/mol. The van der Waals surface area contributed by atoms with Crippen molar-refractivity contribution in [2.24, 2.45) is 5.92 Å². The van der Waals surface area contributed by atoms with E-state index in [1.54, 1.807) is 0 Å². The van der Waals surface area contributed by atoms with Crippen LogP contribution in [0.3, 0.4) is 0 Å². The number of halogens is 1. The summed E-state index contributed by atoms with van der Waals surface area (Å²) in [6, 6.07) is 10.9. The lowest BCUT2D eigenvalue weighted by atomic mass is 10.1. The Morgan fingerprint density at radius 2 is 2.14 bits per heavy atom. The van der Waals surface area contributed by atoms with E-state index in [0.29, 0.717) is 6.54 Å². The molecule has 4 rings (SSSR count). The zero-order valence-electron chi connectivity index (χ0n) is 16.2. The summed E-state index contributed by atoms with van der Waals surface area (Å²) in [6.45, 7) is 4.12. The van der Waals surface area contributed by atoms with E-state index in [-0.39, 0.29) is 24.1 Å². The van der Waals surface area contributed by atoms with Gasteiger partial charge in [0.25, 0.3) is 0 Å². The van der Waals surface area contributed by atoms with E-state index in [4.69, 9.17) is 0 Å². The highest BCUT2D eigenvalue weighted by atomic mass is 19.1. The topological polar surface area (TPSA) is 85.9 Å². The summed E-state index contributed by atoms with van der Waals surface area (Å²) in [5.41, 5.74) is 2.29. The van der Waals surface area contributed by atoms with Crippen LogP contribution in [0.15, 0.2) is 42.6 Å². The molecule has 0 spiro atoms. The Bertz CT molecular complexity index is 941. The second-order valence-electron chi connectivity index (χ2n) is 7.31. The van der Waals surface area contributed by atoms with E-state index < -0.39 is 5.82 Å². The molecule has 1 aliphatic rings. The molecule has 0 radical (unpaired) electrons. The SMILES string of the molecule is O=C(NCc1ncccc1F)[C@@H]1CCN(CCNCc2nc3ccccc3[nH]2)C1. The first-order valence-electron chi connectivity index (χ1n) is 9.93. The van der Waals surface area contributed by atoms with Gasteiger partial charge in [-0.15, -0.1) is 0 Å². The lowest BCUT2D eigenvalue weighted by Gasteiger charge is -2.16. The lowest BCUT2D eigenvalue weighted by molar-refractivity contribution is -0.124. The number of aromatic amines is 1. The van der Waals surface area contributed by atoms with Crippen LogP contribution in [0.1, 0.15) is 17.9 Å². The second kappa shape index (κ2) is 9.11. The van der Waals surface area contributed by atoms with Crippen LogP contribution in [-0.2, 0) is 17.9 Å². The van der Waals surface area contributed by atoms with Crippen LogP contribution >= 0.6 is 0 Å². The van der Waals surface area contributed by atoms with Gasteiger partial charge in [-0.05, 0) is 37.2 Å². The van der Waals surface area contributed by atoms with Gasteiger partial charge in [0.1, 0.15) is 11.6 Å². The molecule has 7 nitrogen and oxygen atoms in total.